The molecule has 0 aliphatic carbocycles. The molecule has 35 heavy (non-hydrogen) atoms. The summed E-state index contributed by atoms with van der Waals surface area (Å²) < 4.78 is 16.8. The van der Waals surface area contributed by atoms with E-state index in [1.54, 1.807) is 0 Å². The van der Waals surface area contributed by atoms with Crippen molar-refractivity contribution < 1.29 is 33.1 Å². The van der Waals surface area contributed by atoms with Crippen LogP contribution in [0.3, 0.4) is 0 Å². The van der Waals surface area contributed by atoms with Crippen molar-refractivity contribution in [3.8, 4) is 0 Å². The van der Waals surface area contributed by atoms with Crippen LogP contribution < -0.4 is 0 Å². The molecule has 0 aromatic heterocycles. The van der Waals surface area contributed by atoms with E-state index in [-0.39, 0.29) is 18.8 Å². The number of rotatable bonds is 12. The van der Waals surface area contributed by atoms with Gasteiger partial charge in [0, 0.05) is 0 Å². The van der Waals surface area contributed by atoms with Crippen LogP contribution in [0.1, 0.15) is 34.6 Å². The molecule has 1 fully saturated rings. The van der Waals surface area contributed by atoms with Crippen LogP contribution >= 0.6 is 7.94 Å². The predicted octanol–water partition coefficient (Wildman–Crippen LogP) is 0.465. The maximum absolute atomic E-state index is 12.5. The van der Waals surface area contributed by atoms with Crippen LogP contribution in [0.25, 0.3) is 0 Å². The van der Waals surface area contributed by atoms with Gasteiger partial charge in [-0.25, -0.2) is 0 Å². The molecule has 11 nitrogen and oxygen atoms in total. The van der Waals surface area contributed by atoms with Crippen molar-refractivity contribution in [1.82, 2.24) is 19.6 Å². The predicted molar refractivity (Wildman–Crippen MR) is 138 cm³/mol. The molecule has 1 aliphatic heterocycles. The van der Waals surface area contributed by atoms with Gasteiger partial charge < -0.3 is 0 Å². The van der Waals surface area contributed by atoms with Crippen LogP contribution in [0.2, 0.25) is 0 Å². The summed E-state index contributed by atoms with van der Waals surface area (Å²) in [5, 5.41) is 0. The summed E-state index contributed by atoms with van der Waals surface area (Å²) in [6, 6.07) is 0. The number of hydrogen-bond acceptors (Lipinski definition) is 11. The fourth-order valence-electron chi connectivity index (χ4n) is 3.89. The van der Waals surface area contributed by atoms with Gasteiger partial charge in [0.25, 0.3) is 0 Å². The zero-order valence-electron chi connectivity index (χ0n) is 22.2. The topological polar surface area (TPSA) is 112 Å². The van der Waals surface area contributed by atoms with Gasteiger partial charge in [0.2, 0.25) is 0 Å². The molecule has 1 heterocycles. The summed E-state index contributed by atoms with van der Waals surface area (Å²) in [6.07, 6.45) is 2.03. The Balaban J connectivity index is 3.05. The van der Waals surface area contributed by atoms with Gasteiger partial charge in [-0.1, -0.05) is 0 Å². The third-order valence-corrected chi connectivity index (χ3v) is 7.86. The first-order valence-electron chi connectivity index (χ1n) is 12.5. The second-order valence-electron chi connectivity index (χ2n) is 9.65. The number of esters is 1. The van der Waals surface area contributed by atoms with Crippen LogP contribution in [0, 0.1) is 0 Å². The van der Waals surface area contributed by atoms with Crippen molar-refractivity contribution in [2.24, 2.45) is 0 Å². The van der Waals surface area contributed by atoms with E-state index in [1.165, 1.54) is 0 Å². The molecule has 0 unspecified atom stereocenters. The summed E-state index contributed by atoms with van der Waals surface area (Å²) in [5.41, 5.74) is -0.571. The van der Waals surface area contributed by atoms with E-state index in [4.69, 9.17) is 13.8 Å². The second kappa shape index (κ2) is 16.7. The first-order chi connectivity index (χ1) is 16.5. The Morgan fingerprint density at radius 1 is 0.800 bits per heavy atom. The summed E-state index contributed by atoms with van der Waals surface area (Å²) in [5.74, 6) is -0.301. The molecule has 0 radical (unpaired) electrons. The monoisotopic (exact) mass is 522 g/mol. The third kappa shape index (κ3) is 14.3. The van der Waals surface area contributed by atoms with Crippen molar-refractivity contribution in [1.29, 1.82) is 0 Å². The van der Waals surface area contributed by atoms with Gasteiger partial charge in [-0.2, -0.15) is 0 Å². The van der Waals surface area contributed by atoms with Crippen molar-refractivity contribution in [3.05, 3.63) is 0 Å². The Morgan fingerprint density at radius 2 is 1.20 bits per heavy atom. The average molecular weight is 523 g/mol. The van der Waals surface area contributed by atoms with Crippen LogP contribution in [0.5, 0.6) is 0 Å². The van der Waals surface area contributed by atoms with Crippen LogP contribution in [0.15, 0.2) is 0 Å². The van der Waals surface area contributed by atoms with E-state index in [9.17, 15) is 19.3 Å². The number of aldehydes is 2. The third-order valence-electron chi connectivity index (χ3n) is 5.53. The molecular formula is C23H47N4O7P. The number of carbonyl (C=O) groups excluding carboxylic acids is 3. The number of hydrogen-bond donors (Lipinski definition) is 1. The fourth-order valence-corrected chi connectivity index (χ4v) is 5.94. The standard InChI is InChI=1S/C23H47N4O7P/c1-6-32-35(31,33-7-2)21-27-14-11-25(17-19-29)9-8-24(16-18-28)10-12-26(13-15-27)20-22(30)34-23(3,4)5/h18-19,31,35H,6-17,20-21H2,1-5H3. The molecule has 1 aliphatic rings. The second-order valence-corrected chi connectivity index (χ2v) is 12.0. The van der Waals surface area contributed by atoms with Gasteiger partial charge in [0.15, 0.2) is 0 Å². The molecule has 0 aromatic rings. The summed E-state index contributed by atoms with van der Waals surface area (Å²) >= 11 is 0. The van der Waals surface area contributed by atoms with Crippen molar-refractivity contribution in [2.75, 3.05) is 91.5 Å². The maximum atomic E-state index is 12.5. The van der Waals surface area contributed by atoms with Gasteiger partial charge in [-0.05, 0) is 0 Å². The normalized spacial score (nSPS) is 19.5. The van der Waals surface area contributed by atoms with Crippen molar-refractivity contribution in [3.63, 3.8) is 0 Å². The molecule has 0 bridgehead atoms. The SMILES string of the molecule is CCO[PH](O)(CN1CCN(CC=O)CCN(CC=O)CCN(CC(=O)OC(C)(C)C)CC1)OCC. The number of ether oxygens (including phenoxy) is 1. The fraction of sp³-hybridized carbons (Fsp3) is 0.870. The van der Waals surface area contributed by atoms with Crippen LogP contribution in [0.4, 0.5) is 0 Å². The zero-order chi connectivity index (χ0) is 26.3. The summed E-state index contributed by atoms with van der Waals surface area (Å²) in [6.45, 7) is 15.4. The molecule has 0 amide bonds. The zero-order valence-corrected chi connectivity index (χ0v) is 23.2. The first kappa shape index (κ1) is 32.0. The Hall–Kier alpha value is -1.04. The van der Waals surface area contributed by atoms with Crippen LogP contribution in [-0.4, -0.2) is 140 Å². The van der Waals surface area contributed by atoms with Crippen molar-refractivity contribution in [2.45, 2.75) is 40.2 Å². The molecular weight excluding hydrogens is 475 g/mol. The molecule has 206 valence electrons. The first-order valence-corrected chi connectivity index (χ1v) is 14.5. The van der Waals surface area contributed by atoms with Crippen LogP contribution in [-0.2, 0) is 28.2 Å². The van der Waals surface area contributed by atoms with Gasteiger partial charge in [-0.3, -0.25) is 0 Å². The molecule has 1 saturated heterocycles. The van der Waals surface area contributed by atoms with E-state index >= 15 is 0 Å². The van der Waals surface area contributed by atoms with Gasteiger partial charge >= 0.3 is 211 Å². The van der Waals surface area contributed by atoms with E-state index in [0.717, 1.165) is 12.6 Å². The minimum atomic E-state index is -3.39. The molecule has 0 saturated carbocycles. The summed E-state index contributed by atoms with van der Waals surface area (Å²) in [7, 11) is -3.39. The molecule has 1 N–H and O–H groups in total. The number of nitrogens with zero attached hydrogens (tertiary/aromatic N) is 4. The molecule has 0 spiro atoms. The quantitative estimate of drug-likeness (QED) is 0.219. The Labute approximate surface area is 211 Å². The molecule has 1 rings (SSSR count). The van der Waals surface area contributed by atoms with Gasteiger partial charge in [0.1, 0.15) is 0 Å². The summed E-state index contributed by atoms with van der Waals surface area (Å²) in [4.78, 5) is 54.2. The van der Waals surface area contributed by atoms with E-state index < -0.39 is 13.5 Å². The molecule has 0 aromatic carbocycles. The Bertz CT molecular complexity index is 629. The Morgan fingerprint density at radius 3 is 1.57 bits per heavy atom. The van der Waals surface area contributed by atoms with E-state index in [0.29, 0.717) is 78.7 Å². The number of carbonyl (C=O) groups is 3. The van der Waals surface area contributed by atoms with Gasteiger partial charge in [0.05, 0.1) is 0 Å². The van der Waals surface area contributed by atoms with E-state index in [1.807, 2.05) is 49.3 Å². The minimum absolute atomic E-state index is 0.135. The van der Waals surface area contributed by atoms with Crippen molar-refractivity contribution >= 4 is 26.5 Å². The average Bonchev–Trinajstić information content (AvgIpc) is 2.74. The Kier molecular flexibility index (Phi) is 15.2. The molecule has 12 heteroatoms. The molecule has 0 atom stereocenters. The van der Waals surface area contributed by atoms with Gasteiger partial charge in [-0.15, -0.1) is 0 Å². The van der Waals surface area contributed by atoms with E-state index in [2.05, 4.69) is 4.90 Å².